The van der Waals surface area contributed by atoms with Gasteiger partial charge in [0, 0.05) is 37.1 Å². The summed E-state index contributed by atoms with van der Waals surface area (Å²) in [4.78, 5) is 32.6. The molecule has 0 aromatic rings. The molecule has 5 atom stereocenters. The molecule has 38 heavy (non-hydrogen) atoms. The maximum Gasteiger partial charge on any atom is 0.325 e. The van der Waals surface area contributed by atoms with Crippen molar-refractivity contribution in [1.82, 2.24) is 10.6 Å². The molecule has 2 saturated heterocycles. The monoisotopic (exact) mass is 584 g/mol. The highest BCUT2D eigenvalue weighted by atomic mass is 32.2. The minimum absolute atomic E-state index is 0.00177. The van der Waals surface area contributed by atoms with Crippen LogP contribution in [0.25, 0.3) is 0 Å². The molecule has 5 unspecified atom stereocenters. The Morgan fingerprint density at radius 1 is 0.974 bits per heavy atom. The minimum atomic E-state index is -3.66. The molecule has 0 aliphatic carbocycles. The topological polar surface area (TPSA) is 162 Å². The van der Waals surface area contributed by atoms with E-state index in [0.717, 1.165) is 44.5 Å². The van der Waals surface area contributed by atoms with Gasteiger partial charge in [0.2, 0.25) is 0 Å². The van der Waals surface area contributed by atoms with Gasteiger partial charge in [0.15, 0.2) is 0 Å². The van der Waals surface area contributed by atoms with E-state index < -0.39 is 20.3 Å². The predicted octanol–water partition coefficient (Wildman–Crippen LogP) is 1.71. The highest BCUT2D eigenvalue weighted by Gasteiger charge is 2.42. The number of ketones is 1. The van der Waals surface area contributed by atoms with E-state index in [1.165, 1.54) is 0 Å². The first-order valence-electron chi connectivity index (χ1n) is 13.4. The van der Waals surface area contributed by atoms with Gasteiger partial charge in [-0.1, -0.05) is 6.42 Å². The lowest BCUT2D eigenvalue weighted by Gasteiger charge is -2.17. The minimum Gasteiger partial charge on any atom is -0.394 e. The van der Waals surface area contributed by atoms with Gasteiger partial charge in [-0.2, -0.15) is 11.8 Å². The highest BCUT2D eigenvalue weighted by Crippen LogP contribution is 2.38. The number of aliphatic hydroxyl groups is 1. The number of thioether (sulfide) groups is 1. The summed E-state index contributed by atoms with van der Waals surface area (Å²) >= 11 is 1.91. The van der Waals surface area contributed by atoms with Gasteiger partial charge in [0.25, 0.3) is 0 Å². The second kappa shape index (κ2) is 19.3. The Labute approximate surface area is 229 Å². The Hall–Kier alpha value is -0.760. The number of aliphatic hydroxyl groups excluding tert-OH is 1. The third-order valence-corrected chi connectivity index (χ3v) is 8.29. The van der Waals surface area contributed by atoms with Crippen LogP contribution >= 0.6 is 19.4 Å². The predicted molar refractivity (Wildman–Crippen MR) is 144 cm³/mol. The van der Waals surface area contributed by atoms with Gasteiger partial charge < -0.3 is 44.1 Å². The zero-order valence-electron chi connectivity index (χ0n) is 22.3. The first-order valence-corrected chi connectivity index (χ1v) is 16.5. The first-order chi connectivity index (χ1) is 18.3. The number of unbranched alkanes of at least 4 members (excludes halogenated alkanes) is 2. The zero-order chi connectivity index (χ0) is 27.6. The van der Waals surface area contributed by atoms with Crippen LogP contribution in [0.2, 0.25) is 0 Å². The van der Waals surface area contributed by atoms with Crippen LogP contribution in [0.4, 0.5) is 4.79 Å². The van der Waals surface area contributed by atoms with Gasteiger partial charge >= 0.3 is 13.6 Å². The van der Waals surface area contributed by atoms with Crippen LogP contribution in [0, 0.1) is 0 Å². The van der Waals surface area contributed by atoms with Gasteiger partial charge in [0.1, 0.15) is 11.9 Å². The molecule has 0 aromatic carbocycles. The maximum atomic E-state index is 12.1. The lowest BCUT2D eigenvalue weighted by atomic mass is 10.0. The number of carbonyl (C=O) groups excluding carboxylic acids is 2. The smallest absolute Gasteiger partial charge is 0.325 e. The molecule has 2 aliphatic rings. The molecular weight excluding hydrogens is 539 g/mol. The molecule has 14 heteroatoms. The molecule has 2 heterocycles. The number of fused-ring (bicyclic) bond motifs is 1. The summed E-state index contributed by atoms with van der Waals surface area (Å²) in [5.74, 6) is 1.28. The van der Waals surface area contributed by atoms with Crippen LogP contribution in [0.5, 0.6) is 0 Å². The van der Waals surface area contributed by atoms with E-state index in [1.807, 2.05) is 11.8 Å². The van der Waals surface area contributed by atoms with Gasteiger partial charge in [-0.15, -0.1) is 0 Å². The molecule has 0 spiro atoms. The van der Waals surface area contributed by atoms with Crippen molar-refractivity contribution < 1.29 is 47.6 Å². The van der Waals surface area contributed by atoms with Gasteiger partial charge in [-0.3, -0.25) is 9.36 Å². The van der Waals surface area contributed by atoms with Crippen molar-refractivity contribution in [3.05, 3.63) is 0 Å². The van der Waals surface area contributed by atoms with Crippen LogP contribution in [0.1, 0.15) is 44.9 Å². The quantitative estimate of drug-likeness (QED) is 0.0742. The number of amides is 2. The molecule has 2 amide bonds. The van der Waals surface area contributed by atoms with Crippen molar-refractivity contribution in [1.29, 1.82) is 0 Å². The second-order valence-electron chi connectivity index (χ2n) is 9.49. The highest BCUT2D eigenvalue weighted by molar-refractivity contribution is 8.00. The number of nitrogens with one attached hydrogen (secondary N) is 2. The van der Waals surface area contributed by atoms with Crippen molar-refractivity contribution in [2.75, 3.05) is 71.9 Å². The Morgan fingerprint density at radius 2 is 1.58 bits per heavy atom. The standard InChI is InChI=1S/C24H45N2O10PS/c1-37(30,31)36-20(16-27)17-35-15-14-34-13-12-33-11-10-32-9-5-4-7-19(28)6-2-3-8-22-23-21(18-38-22)25-24(29)26-23/h20-23,27H,2-18H2,1H3,(H,30,31)(H2,25,26,29). The SMILES string of the molecule is CP(=O)(O)OC(CO)COCCOCCOCCOCCCCC(=O)CCCCC1SCC2NC(=O)NC21. The average molecular weight is 585 g/mol. The van der Waals surface area contributed by atoms with E-state index in [2.05, 4.69) is 10.6 Å². The number of ether oxygens (including phenoxy) is 4. The van der Waals surface area contributed by atoms with E-state index in [0.29, 0.717) is 63.5 Å². The number of hydrogen-bond donors (Lipinski definition) is 4. The molecule has 2 rings (SSSR count). The molecule has 0 saturated carbocycles. The summed E-state index contributed by atoms with van der Waals surface area (Å²) in [7, 11) is -3.66. The second-order valence-corrected chi connectivity index (χ2v) is 12.6. The summed E-state index contributed by atoms with van der Waals surface area (Å²) in [5.41, 5.74) is 0. The summed E-state index contributed by atoms with van der Waals surface area (Å²) in [6.45, 7) is 3.64. The van der Waals surface area contributed by atoms with Crippen molar-refractivity contribution in [3.63, 3.8) is 0 Å². The fourth-order valence-corrected chi connectivity index (χ4v) is 6.45. The van der Waals surface area contributed by atoms with Gasteiger partial charge in [0.05, 0.1) is 64.9 Å². The Morgan fingerprint density at radius 3 is 2.21 bits per heavy atom. The van der Waals surface area contributed by atoms with Crippen LogP contribution in [-0.2, 0) is 32.8 Å². The van der Waals surface area contributed by atoms with Crippen LogP contribution < -0.4 is 10.6 Å². The number of urea groups is 1. The van der Waals surface area contributed by atoms with Crippen molar-refractivity contribution >= 4 is 31.2 Å². The molecule has 2 fully saturated rings. The van der Waals surface area contributed by atoms with Gasteiger partial charge in [-0.05, 0) is 25.7 Å². The van der Waals surface area contributed by atoms with Crippen LogP contribution in [0.3, 0.4) is 0 Å². The van der Waals surface area contributed by atoms with Crippen molar-refractivity contribution in [2.45, 2.75) is 68.4 Å². The average Bonchev–Trinajstić information content (AvgIpc) is 3.41. The molecule has 0 aromatic heterocycles. The van der Waals surface area contributed by atoms with E-state index in [4.69, 9.17) is 33.5 Å². The Bertz CT molecular complexity index is 728. The number of carbonyl (C=O) groups is 2. The summed E-state index contributed by atoms with van der Waals surface area (Å²) in [6, 6.07) is 0.437. The lowest BCUT2D eigenvalue weighted by Crippen LogP contribution is -2.36. The molecular formula is C24H45N2O10PS. The zero-order valence-corrected chi connectivity index (χ0v) is 24.1. The Kier molecular flexibility index (Phi) is 17.0. The third-order valence-electron chi connectivity index (χ3n) is 6.09. The van der Waals surface area contributed by atoms with Gasteiger partial charge in [-0.25, -0.2) is 4.79 Å². The largest absolute Gasteiger partial charge is 0.394 e. The fourth-order valence-electron chi connectivity index (χ4n) is 4.23. The van der Waals surface area contributed by atoms with E-state index in [9.17, 15) is 14.2 Å². The number of Topliss-reactive ketones (excluding diaryl/α,β-unsaturated/α-hetero) is 1. The normalized spacial score (nSPS) is 23.0. The maximum absolute atomic E-state index is 12.1. The van der Waals surface area contributed by atoms with Crippen molar-refractivity contribution in [3.8, 4) is 0 Å². The molecule has 0 bridgehead atoms. The number of rotatable bonds is 24. The molecule has 222 valence electrons. The van der Waals surface area contributed by atoms with E-state index in [-0.39, 0.29) is 31.3 Å². The first kappa shape index (κ1) is 33.4. The Balaban J connectivity index is 1.28. The lowest BCUT2D eigenvalue weighted by molar-refractivity contribution is -0.119. The molecule has 2 aliphatic heterocycles. The van der Waals surface area contributed by atoms with E-state index in [1.54, 1.807) is 0 Å². The summed E-state index contributed by atoms with van der Waals surface area (Å²) in [6.07, 6.45) is 5.02. The van der Waals surface area contributed by atoms with E-state index >= 15 is 0 Å². The summed E-state index contributed by atoms with van der Waals surface area (Å²) in [5, 5.41) is 15.5. The third kappa shape index (κ3) is 15.1. The van der Waals surface area contributed by atoms with Crippen molar-refractivity contribution in [2.24, 2.45) is 0 Å². The number of hydrogen-bond acceptors (Lipinski definition) is 10. The molecule has 12 nitrogen and oxygen atoms in total. The van der Waals surface area contributed by atoms with Crippen LogP contribution in [0.15, 0.2) is 0 Å². The molecule has 4 N–H and O–H groups in total. The summed E-state index contributed by atoms with van der Waals surface area (Å²) < 4.78 is 37.5. The van der Waals surface area contributed by atoms with Crippen LogP contribution in [-0.4, -0.2) is 117 Å². The molecule has 0 radical (unpaired) electrons. The fraction of sp³-hybridized carbons (Fsp3) is 0.917.